The first-order chi connectivity index (χ1) is 0. The maximum atomic E-state index is 0. The molecule has 0 aromatic heterocycles. The molecule has 0 nitrogen and oxygen atoms in total. The molecule has 0 bridgehead atoms. The van der Waals surface area contributed by atoms with E-state index in [0.29, 0.717) is 0 Å². The smallest absolute Gasteiger partial charge is 0 e. The molecule has 0 aliphatic rings. The molecule has 0 saturated heterocycles. The molecule has 0 aliphatic carbocycles. The quantitative estimate of drug-likeness (QED) is 0.552. The molecule has 0 amide bonds. The summed E-state index contributed by atoms with van der Waals surface area (Å²) in [7, 11) is 0. The van der Waals surface area contributed by atoms with Gasteiger partial charge in [0.15, 0.2) is 0 Å². The first kappa shape index (κ1) is 31.4. The van der Waals surface area contributed by atoms with Gasteiger partial charge in [-0.25, -0.2) is 0 Å². The van der Waals surface area contributed by atoms with Gasteiger partial charge in [0.25, 0.3) is 0 Å². The van der Waals surface area contributed by atoms with Crippen LogP contribution >= 0.6 is 0 Å². The fraction of sp³-hybridized carbons (Fsp3) is 0. The van der Waals surface area contributed by atoms with Crippen molar-refractivity contribution in [2.24, 2.45) is 0 Å². The van der Waals surface area contributed by atoms with Crippen molar-refractivity contribution < 1.29 is 78.5 Å². The largest absolute Gasteiger partial charge is 0 e. The van der Waals surface area contributed by atoms with Crippen molar-refractivity contribution in [2.75, 3.05) is 0 Å². The van der Waals surface area contributed by atoms with E-state index >= 15 is 0 Å². The zero-order valence-corrected chi connectivity index (χ0v) is 7.35. The third-order valence-corrected chi connectivity index (χ3v) is 0. The standard InChI is InChI=1S/Ag.Mo.Ni.V. The second-order valence-corrected chi connectivity index (χ2v) is 0. The second kappa shape index (κ2) is 17.8. The maximum absolute atomic E-state index is 0. The van der Waals surface area contributed by atoms with Crippen molar-refractivity contribution in [2.45, 2.75) is 0 Å². The summed E-state index contributed by atoms with van der Waals surface area (Å²) in [6.45, 7) is 0. The molecule has 0 aromatic carbocycles. The molecule has 0 aliphatic heterocycles. The summed E-state index contributed by atoms with van der Waals surface area (Å²) in [5.74, 6) is 0. The first-order valence-electron chi connectivity index (χ1n) is 0. The van der Waals surface area contributed by atoms with Gasteiger partial charge in [0.1, 0.15) is 0 Å². The Hall–Kier alpha value is 2.51. The van der Waals surface area contributed by atoms with Crippen LogP contribution < -0.4 is 0 Å². The normalized spacial score (nSPS) is 0. The van der Waals surface area contributed by atoms with E-state index in [0.717, 1.165) is 0 Å². The van der Waals surface area contributed by atoms with Crippen molar-refractivity contribution >= 4 is 0 Å². The van der Waals surface area contributed by atoms with Gasteiger partial charge in [0.2, 0.25) is 0 Å². The predicted molar refractivity (Wildman–Crippen MR) is 0 cm³/mol. The van der Waals surface area contributed by atoms with Gasteiger partial charge in [-0.2, -0.15) is 0 Å². The van der Waals surface area contributed by atoms with Crippen LogP contribution in [-0.2, 0) is 78.5 Å². The molecule has 0 fully saturated rings. The molecule has 0 N–H and O–H groups in total. The van der Waals surface area contributed by atoms with Crippen LogP contribution in [0.3, 0.4) is 0 Å². The van der Waals surface area contributed by atoms with E-state index in [1.807, 2.05) is 0 Å². The summed E-state index contributed by atoms with van der Waals surface area (Å²) >= 11 is 0. The van der Waals surface area contributed by atoms with Gasteiger partial charge < -0.3 is 0 Å². The molecule has 0 spiro atoms. The molecule has 32 valence electrons. The Balaban J connectivity index is 0. The molecule has 0 aromatic rings. The van der Waals surface area contributed by atoms with Gasteiger partial charge in [-0.1, -0.05) is 0 Å². The summed E-state index contributed by atoms with van der Waals surface area (Å²) < 4.78 is 0. The molecule has 2 radical (unpaired) electrons. The third-order valence-electron chi connectivity index (χ3n) is 0. The molecule has 0 atom stereocenters. The van der Waals surface area contributed by atoms with Crippen LogP contribution in [0.2, 0.25) is 0 Å². The predicted octanol–water partition coefficient (Wildman–Crippen LogP) is -0.0100. The van der Waals surface area contributed by atoms with E-state index in [1.165, 1.54) is 0 Å². The van der Waals surface area contributed by atoms with Gasteiger partial charge in [-0.15, -0.1) is 0 Å². The minimum absolute atomic E-state index is 0. The Labute approximate surface area is 77.4 Å². The molecule has 0 unspecified atom stereocenters. The zero-order valence-electron chi connectivity index (χ0n) is 1.47. The van der Waals surface area contributed by atoms with E-state index in [4.69, 9.17) is 0 Å². The molecule has 0 heterocycles. The Bertz CT molecular complexity index is 8.00. The first-order valence-corrected chi connectivity index (χ1v) is 0. The van der Waals surface area contributed by atoms with E-state index in [9.17, 15) is 0 Å². The van der Waals surface area contributed by atoms with Crippen LogP contribution in [0.15, 0.2) is 0 Å². The van der Waals surface area contributed by atoms with Crippen LogP contribution in [-0.4, -0.2) is 0 Å². The van der Waals surface area contributed by atoms with Crippen molar-refractivity contribution in [3.05, 3.63) is 0 Å². The fourth-order valence-electron chi connectivity index (χ4n) is 0. The Morgan fingerprint density at radius 2 is 1.00 bits per heavy atom. The topological polar surface area (TPSA) is 0 Å². The summed E-state index contributed by atoms with van der Waals surface area (Å²) in [6.07, 6.45) is 0. The van der Waals surface area contributed by atoms with Crippen LogP contribution in [0.5, 0.6) is 0 Å². The molecule has 4 heteroatoms. The molecular formula is AgMoNiV. The Kier molecular flexibility index (Phi) is 140. The average Bonchev–Trinajstić information content (AvgIpc) is 0. The van der Waals surface area contributed by atoms with Crippen molar-refractivity contribution in [1.82, 2.24) is 0 Å². The monoisotopic (exact) mass is 314 g/mol. The van der Waals surface area contributed by atoms with Gasteiger partial charge in [0, 0.05) is 78.5 Å². The molecule has 0 rings (SSSR count). The maximum Gasteiger partial charge on any atom is 0 e. The Morgan fingerprint density at radius 1 is 1.00 bits per heavy atom. The van der Waals surface area contributed by atoms with Crippen molar-refractivity contribution in [3.8, 4) is 0 Å². The van der Waals surface area contributed by atoms with Crippen molar-refractivity contribution in [3.63, 3.8) is 0 Å². The van der Waals surface area contributed by atoms with E-state index in [-0.39, 0.29) is 78.5 Å². The van der Waals surface area contributed by atoms with Gasteiger partial charge >= 0.3 is 0 Å². The Morgan fingerprint density at radius 3 is 1.00 bits per heavy atom. The number of hydrogen-bond donors (Lipinski definition) is 0. The fourth-order valence-corrected chi connectivity index (χ4v) is 0. The van der Waals surface area contributed by atoms with E-state index in [1.54, 1.807) is 0 Å². The molecular weight excluding hydrogens is 313 g/mol. The van der Waals surface area contributed by atoms with E-state index in [2.05, 4.69) is 0 Å². The van der Waals surface area contributed by atoms with Crippen LogP contribution in [0.4, 0.5) is 0 Å². The minimum atomic E-state index is 0. The summed E-state index contributed by atoms with van der Waals surface area (Å²) in [6, 6.07) is 0. The summed E-state index contributed by atoms with van der Waals surface area (Å²) in [5.41, 5.74) is 0. The number of rotatable bonds is 0. The summed E-state index contributed by atoms with van der Waals surface area (Å²) in [5, 5.41) is 0. The molecule has 4 heavy (non-hydrogen) atoms. The van der Waals surface area contributed by atoms with Gasteiger partial charge in [0.05, 0.1) is 0 Å². The van der Waals surface area contributed by atoms with Crippen molar-refractivity contribution in [1.29, 1.82) is 0 Å². The second-order valence-electron chi connectivity index (χ2n) is 0. The zero-order chi connectivity index (χ0) is 0. The average molecular weight is 313 g/mol. The third kappa shape index (κ3) is 8.82. The van der Waals surface area contributed by atoms with Gasteiger partial charge in [-0.3, -0.25) is 0 Å². The minimum Gasteiger partial charge on any atom is 0 e. The van der Waals surface area contributed by atoms with E-state index < -0.39 is 0 Å². The van der Waals surface area contributed by atoms with Crippen LogP contribution in [0.1, 0.15) is 0 Å². The number of hydrogen-bond acceptors (Lipinski definition) is 0. The van der Waals surface area contributed by atoms with Gasteiger partial charge in [-0.05, 0) is 0 Å². The summed E-state index contributed by atoms with van der Waals surface area (Å²) in [4.78, 5) is 0. The van der Waals surface area contributed by atoms with Crippen LogP contribution in [0.25, 0.3) is 0 Å². The SMILES string of the molecule is [Ag].[Mo].[Ni].[V]. The van der Waals surface area contributed by atoms with Crippen LogP contribution in [0, 0.1) is 0 Å². The molecule has 0 saturated carbocycles.